The summed E-state index contributed by atoms with van der Waals surface area (Å²) in [5.74, 6) is 1.15. The fourth-order valence-corrected chi connectivity index (χ4v) is 14.5. The van der Waals surface area contributed by atoms with Crippen LogP contribution in [-0.2, 0) is 46.4 Å². The molecule has 0 bridgehead atoms. The van der Waals surface area contributed by atoms with E-state index in [2.05, 4.69) is 217 Å². The summed E-state index contributed by atoms with van der Waals surface area (Å²) < 4.78 is 19.0. The van der Waals surface area contributed by atoms with E-state index in [1.54, 1.807) is 67.7 Å². The monoisotopic (exact) mass is 1710 g/mol. The lowest BCUT2D eigenvalue weighted by atomic mass is 9.86. The predicted molar refractivity (Wildman–Crippen MR) is 506 cm³/mol. The van der Waals surface area contributed by atoms with Crippen molar-refractivity contribution in [2.45, 2.75) is 209 Å². The molecule has 3 heterocycles. The van der Waals surface area contributed by atoms with Crippen molar-refractivity contribution in [1.82, 2.24) is 34.7 Å². The maximum atomic E-state index is 13.4. The lowest BCUT2D eigenvalue weighted by Crippen LogP contribution is -2.29. The molecule has 3 atom stereocenters. The lowest BCUT2D eigenvalue weighted by Gasteiger charge is -2.20. The molecule has 3 aromatic heterocycles. The summed E-state index contributed by atoms with van der Waals surface area (Å²) in [5, 5.41) is 26.0. The highest BCUT2D eigenvalue weighted by Crippen LogP contribution is 2.35. The van der Waals surface area contributed by atoms with Gasteiger partial charge in [0.2, 0.25) is 0 Å². The van der Waals surface area contributed by atoms with Crippen LogP contribution in [-0.4, -0.2) is 96.4 Å². The topological polar surface area (TPSA) is 280 Å². The van der Waals surface area contributed by atoms with Crippen molar-refractivity contribution in [3.8, 4) is 23.1 Å². The number of rotatable bonds is 33. The molecule has 7 N–H and O–H groups in total. The van der Waals surface area contributed by atoms with Gasteiger partial charge in [-0.3, -0.25) is 14.4 Å². The molecule has 0 spiro atoms. The van der Waals surface area contributed by atoms with Gasteiger partial charge in [-0.05, 0) is 210 Å². The molecule has 3 unspecified atom stereocenters. The largest absolute Gasteiger partial charge is 0.519 e. The summed E-state index contributed by atoms with van der Waals surface area (Å²) in [6, 6.07) is 88.6. The second kappa shape index (κ2) is 51.3. The third-order valence-electron chi connectivity index (χ3n) is 20.4. The maximum Gasteiger partial charge on any atom is 0.519 e. The quantitative estimate of drug-likeness (QED) is 0.0129. The van der Waals surface area contributed by atoms with Crippen LogP contribution in [0.15, 0.2) is 255 Å². The summed E-state index contributed by atoms with van der Waals surface area (Å²) in [4.78, 5) is 62.2. The molecule has 658 valence electrons. The van der Waals surface area contributed by atoms with Crippen LogP contribution in [0.5, 0.6) is 0 Å². The average molecular weight is 1710 g/mol. The molecular weight excluding hydrogens is 1580 g/mol. The number of benzene rings is 9. The third-order valence-corrected chi connectivity index (χ3v) is 20.4. The van der Waals surface area contributed by atoms with E-state index in [0.717, 1.165) is 109 Å². The van der Waals surface area contributed by atoms with Crippen molar-refractivity contribution >= 4 is 42.1 Å². The van der Waals surface area contributed by atoms with Crippen LogP contribution in [0.4, 0.5) is 9.59 Å². The van der Waals surface area contributed by atoms with Gasteiger partial charge in [0, 0.05) is 69.7 Å². The minimum Gasteiger partial charge on any atom is -0.428 e. The molecule has 0 aliphatic carbocycles. The Hall–Kier alpha value is -12.0. The zero-order valence-corrected chi connectivity index (χ0v) is 76.1. The van der Waals surface area contributed by atoms with Crippen LogP contribution in [0.25, 0.3) is 17.1 Å². The SMILES string of the molecule is CC(C)(C)OC(=O)OC(=O)OC(C)(C)C.CCCCC(c1ccccc1)c1cccc(CC(=O)c2cc(C)nn2-c2cccc(C#N)c2)c1.CCCCC(c1ccccc1)c1cccc(CC(=O)c2cc(C)nn2-c2cccc(CC)c2)c1.CCCCC(c1ccccc1)c1cccc(CC(=O)c2cc(C)nn2-c2cccc(CN)c2)c1.Cl.NCCNCCN. The normalized spacial score (nSPS) is 11.6. The van der Waals surface area contributed by atoms with E-state index in [-0.39, 0.29) is 29.8 Å². The Morgan fingerprint density at radius 2 is 0.696 bits per heavy atom. The Morgan fingerprint density at radius 3 is 1.01 bits per heavy atom. The first-order valence-corrected chi connectivity index (χ1v) is 43.5. The number of aryl methyl sites for hydroxylation is 4. The predicted octanol–water partition coefficient (Wildman–Crippen LogP) is 22.5. The molecule has 0 saturated heterocycles. The van der Waals surface area contributed by atoms with Gasteiger partial charge in [-0.25, -0.2) is 23.6 Å². The second-order valence-corrected chi connectivity index (χ2v) is 33.0. The van der Waals surface area contributed by atoms with E-state index >= 15 is 0 Å². The number of nitrogens with one attached hydrogen (secondary N) is 1. The minimum atomic E-state index is -1.06. The average Bonchev–Trinajstić information content (AvgIpc) is 1.80. The molecule has 0 amide bonds. The first-order chi connectivity index (χ1) is 59.7. The highest BCUT2D eigenvalue weighted by atomic mass is 35.5. The van der Waals surface area contributed by atoms with E-state index in [9.17, 15) is 29.2 Å². The third kappa shape index (κ3) is 32.6. The van der Waals surface area contributed by atoms with Crippen molar-refractivity contribution in [2.24, 2.45) is 17.2 Å². The van der Waals surface area contributed by atoms with Crippen molar-refractivity contribution in [3.63, 3.8) is 0 Å². The van der Waals surface area contributed by atoms with Gasteiger partial charge in [-0.2, -0.15) is 20.6 Å². The van der Waals surface area contributed by atoms with Crippen molar-refractivity contribution in [3.05, 3.63) is 356 Å². The molecule has 0 aliphatic heterocycles. The summed E-state index contributed by atoms with van der Waals surface area (Å²) in [6.07, 6.45) is 10.1. The van der Waals surface area contributed by atoms with Crippen molar-refractivity contribution in [1.29, 1.82) is 5.26 Å². The number of nitriles is 1. The smallest absolute Gasteiger partial charge is 0.428 e. The van der Waals surface area contributed by atoms with Gasteiger partial charge in [0.05, 0.1) is 45.8 Å². The molecule has 19 nitrogen and oxygen atoms in total. The number of ketones is 3. The van der Waals surface area contributed by atoms with Gasteiger partial charge < -0.3 is 36.7 Å². The molecule has 9 aromatic carbocycles. The Kier molecular flexibility index (Phi) is 41.1. The van der Waals surface area contributed by atoms with E-state index in [1.807, 2.05) is 106 Å². The summed E-state index contributed by atoms with van der Waals surface area (Å²) >= 11 is 0. The Morgan fingerprint density at radius 1 is 0.392 bits per heavy atom. The molecular formula is C105H128ClN11O8. The summed E-state index contributed by atoms with van der Waals surface area (Å²) in [6.45, 7) is 28.1. The van der Waals surface area contributed by atoms with E-state index in [1.165, 1.54) is 58.2 Å². The zero-order valence-electron chi connectivity index (χ0n) is 75.2. The van der Waals surface area contributed by atoms with Gasteiger partial charge >= 0.3 is 12.3 Å². The molecule has 20 heteroatoms. The number of nitrogens with two attached hydrogens (primary N) is 3. The van der Waals surface area contributed by atoms with Crippen LogP contribution in [0.1, 0.15) is 260 Å². The van der Waals surface area contributed by atoms with Crippen LogP contribution in [0.3, 0.4) is 0 Å². The van der Waals surface area contributed by atoms with Crippen LogP contribution >= 0.6 is 12.4 Å². The number of Topliss-reactive ketones (excluding diaryl/α,β-unsaturated/α-hetero) is 3. The maximum absolute atomic E-state index is 13.4. The summed E-state index contributed by atoms with van der Waals surface area (Å²) in [7, 11) is 0. The fourth-order valence-electron chi connectivity index (χ4n) is 14.5. The first-order valence-electron chi connectivity index (χ1n) is 43.5. The molecule has 12 rings (SSSR count). The van der Waals surface area contributed by atoms with Gasteiger partial charge in [-0.15, -0.1) is 12.4 Å². The number of hydrogen-bond donors (Lipinski definition) is 4. The standard InChI is InChI=1S/C31H34N2O.C30H33N3O.C30H29N3O.C10H18O5.C4H13N3.ClH/c1-4-6-18-29(26-14-8-7-9-15-26)27-16-10-13-25(20-27)22-31(34)30-19-23(3)32-33(30)28-17-11-12-24(5-2)21-28;2*1-3-4-16-28(25-12-6-5-7-13-25)26-14-8-10-23(18-26)20-30(34)29-17-22(2)32-33(29)27-15-9-11-24(19-27)21-31;1-9(2,3)14-7(11)13-8(12)15-10(4,5)6;5-1-3-7-4-2-6;/h7-17,19-21,29H,4-6,18,22H2,1-3H3;5-15,17-19,28H,3-4,16,20-21,31H2,1-2H3;5-15,17-19,28H,3-4,16,20H2,1-2H3;1-6H3;7H,1-6H2;1H. The number of ether oxygens (including phenoxy) is 3. The number of nitrogens with zero attached hydrogens (tertiary/aromatic N) is 7. The number of carbonyl (C=O) groups excluding carboxylic acids is 5. The highest BCUT2D eigenvalue weighted by molar-refractivity contribution is 5.98. The number of hydrogen-bond acceptors (Lipinski definition) is 16. The van der Waals surface area contributed by atoms with Crippen molar-refractivity contribution in [2.75, 3.05) is 26.2 Å². The van der Waals surface area contributed by atoms with E-state index < -0.39 is 23.5 Å². The number of unbranched alkanes of at least 4 members (excludes halogenated alkanes) is 3. The zero-order chi connectivity index (χ0) is 89.6. The van der Waals surface area contributed by atoms with Gasteiger partial charge in [0.1, 0.15) is 28.3 Å². The number of aromatic nitrogens is 6. The molecule has 0 radical (unpaired) electrons. The molecule has 0 aliphatic rings. The van der Waals surface area contributed by atoms with Crippen LogP contribution in [0, 0.1) is 32.1 Å². The van der Waals surface area contributed by atoms with Crippen molar-refractivity contribution < 1.29 is 38.2 Å². The first kappa shape index (κ1) is 100. The second-order valence-electron chi connectivity index (χ2n) is 33.0. The number of halogens is 1. The Bertz CT molecular complexity index is 5160. The van der Waals surface area contributed by atoms with Gasteiger partial charge in [0.15, 0.2) is 17.3 Å². The fraction of sp³-hybridized carbons (Fsp3) is 0.343. The minimum absolute atomic E-state index is 0. The van der Waals surface area contributed by atoms with Gasteiger partial charge in [-0.1, -0.05) is 260 Å². The lowest BCUT2D eigenvalue weighted by molar-refractivity contribution is -0.0294. The van der Waals surface area contributed by atoms with E-state index in [4.69, 9.17) is 26.7 Å². The Balaban J connectivity index is 0.000000229. The van der Waals surface area contributed by atoms with Crippen LogP contribution in [0.2, 0.25) is 0 Å². The summed E-state index contributed by atoms with van der Waals surface area (Å²) in [5.41, 5.74) is 35.1. The highest BCUT2D eigenvalue weighted by Gasteiger charge is 2.27. The van der Waals surface area contributed by atoms with Gasteiger partial charge in [0.25, 0.3) is 0 Å². The molecule has 12 aromatic rings. The number of carbonyl (C=O) groups is 5. The molecule has 0 saturated carbocycles. The molecule has 0 fully saturated rings. The van der Waals surface area contributed by atoms with Crippen LogP contribution < -0.4 is 22.5 Å². The Labute approximate surface area is 746 Å². The van der Waals surface area contributed by atoms with E-state index in [0.29, 0.717) is 85.0 Å². The molecule has 125 heavy (non-hydrogen) atoms.